The molecule has 9 heteroatoms. The van der Waals surface area contributed by atoms with E-state index >= 15 is 0 Å². The van der Waals surface area contributed by atoms with Crippen LogP contribution in [0, 0.1) is 13.8 Å². The number of rotatable bonds is 8. The molecule has 2 aromatic carbocycles. The first kappa shape index (κ1) is 22.5. The van der Waals surface area contributed by atoms with E-state index < -0.39 is 10.0 Å². The van der Waals surface area contributed by atoms with Crippen LogP contribution in [0.25, 0.3) is 0 Å². The van der Waals surface area contributed by atoms with E-state index in [1.807, 2.05) is 13.0 Å². The Morgan fingerprint density at radius 1 is 1.03 bits per heavy atom. The predicted molar refractivity (Wildman–Crippen MR) is 116 cm³/mol. The van der Waals surface area contributed by atoms with Gasteiger partial charge in [-0.15, -0.1) is 0 Å². The fourth-order valence-corrected chi connectivity index (χ4v) is 4.72. The molecule has 0 radical (unpaired) electrons. The minimum Gasteiger partial charge on any atom is -0.352 e. The van der Waals surface area contributed by atoms with Gasteiger partial charge in [0.15, 0.2) is 0 Å². The number of imide groups is 1. The average molecular weight is 444 g/mol. The van der Waals surface area contributed by atoms with E-state index in [4.69, 9.17) is 0 Å². The van der Waals surface area contributed by atoms with Gasteiger partial charge in [-0.05, 0) is 55.7 Å². The summed E-state index contributed by atoms with van der Waals surface area (Å²) in [7, 11) is -3.80. The SMILES string of the molecule is Cc1ccc(C)c(S(=O)(=O)Nc2cccc(C(=O)NCCCN3C(=O)CCC3=O)c2)c1. The van der Waals surface area contributed by atoms with E-state index in [0.29, 0.717) is 17.5 Å². The molecule has 0 bridgehead atoms. The van der Waals surface area contributed by atoms with E-state index in [9.17, 15) is 22.8 Å². The Labute approximate surface area is 181 Å². The molecule has 2 N–H and O–H groups in total. The van der Waals surface area contributed by atoms with Crippen LogP contribution < -0.4 is 10.0 Å². The molecule has 0 atom stereocenters. The molecule has 1 fully saturated rings. The molecular formula is C22H25N3O5S. The fraction of sp³-hybridized carbons (Fsp3) is 0.318. The van der Waals surface area contributed by atoms with Gasteiger partial charge in [0, 0.05) is 37.2 Å². The van der Waals surface area contributed by atoms with Gasteiger partial charge >= 0.3 is 0 Å². The van der Waals surface area contributed by atoms with Crippen LogP contribution in [-0.4, -0.2) is 44.1 Å². The van der Waals surface area contributed by atoms with Crippen LogP contribution in [-0.2, 0) is 19.6 Å². The molecule has 1 aliphatic heterocycles. The number of likely N-dealkylation sites (tertiary alicyclic amines) is 1. The second-order valence-corrected chi connectivity index (χ2v) is 9.15. The highest BCUT2D eigenvalue weighted by Gasteiger charge is 2.28. The zero-order valence-corrected chi connectivity index (χ0v) is 18.3. The van der Waals surface area contributed by atoms with Crippen molar-refractivity contribution in [2.75, 3.05) is 17.8 Å². The number of anilines is 1. The topological polar surface area (TPSA) is 113 Å². The number of carbonyl (C=O) groups excluding carboxylic acids is 3. The van der Waals surface area contributed by atoms with Crippen molar-refractivity contribution in [3.8, 4) is 0 Å². The number of amides is 3. The van der Waals surface area contributed by atoms with Crippen LogP contribution in [0.2, 0.25) is 0 Å². The maximum Gasteiger partial charge on any atom is 0.262 e. The molecule has 1 saturated heterocycles. The molecule has 8 nitrogen and oxygen atoms in total. The minimum absolute atomic E-state index is 0.180. The van der Waals surface area contributed by atoms with Crippen LogP contribution >= 0.6 is 0 Å². The summed E-state index contributed by atoms with van der Waals surface area (Å²) in [6.07, 6.45) is 0.939. The van der Waals surface area contributed by atoms with Gasteiger partial charge in [-0.3, -0.25) is 24.0 Å². The number of hydrogen-bond donors (Lipinski definition) is 2. The standard InChI is InChI=1S/C22H25N3O5S/c1-15-7-8-16(2)19(13-15)31(29,30)24-18-6-3-5-17(14-18)22(28)23-11-4-12-25-20(26)9-10-21(25)27/h3,5-8,13-14,24H,4,9-12H2,1-2H3,(H,23,28). The predicted octanol–water partition coefficient (Wildman–Crippen LogP) is 2.37. The van der Waals surface area contributed by atoms with Crippen molar-refractivity contribution in [1.29, 1.82) is 0 Å². The van der Waals surface area contributed by atoms with Crippen molar-refractivity contribution in [3.63, 3.8) is 0 Å². The zero-order valence-electron chi connectivity index (χ0n) is 17.5. The smallest absolute Gasteiger partial charge is 0.262 e. The molecule has 1 aliphatic rings. The Hall–Kier alpha value is -3.20. The van der Waals surface area contributed by atoms with E-state index in [1.165, 1.54) is 11.0 Å². The van der Waals surface area contributed by atoms with Gasteiger partial charge in [-0.25, -0.2) is 8.42 Å². The van der Waals surface area contributed by atoms with Crippen LogP contribution in [0.1, 0.15) is 40.7 Å². The highest BCUT2D eigenvalue weighted by Crippen LogP contribution is 2.21. The molecule has 0 saturated carbocycles. The van der Waals surface area contributed by atoms with Crippen LogP contribution in [0.15, 0.2) is 47.4 Å². The molecule has 0 unspecified atom stereocenters. The molecule has 2 aromatic rings. The first-order chi connectivity index (χ1) is 14.7. The largest absolute Gasteiger partial charge is 0.352 e. The molecule has 0 aliphatic carbocycles. The lowest BCUT2D eigenvalue weighted by molar-refractivity contribution is -0.138. The van der Waals surface area contributed by atoms with Crippen LogP contribution in [0.3, 0.4) is 0 Å². The van der Waals surface area contributed by atoms with E-state index in [0.717, 1.165) is 5.56 Å². The summed E-state index contributed by atoms with van der Waals surface area (Å²) in [6, 6.07) is 11.4. The quantitative estimate of drug-likeness (QED) is 0.480. The van der Waals surface area contributed by atoms with E-state index in [1.54, 1.807) is 37.3 Å². The van der Waals surface area contributed by atoms with Crippen LogP contribution in [0.5, 0.6) is 0 Å². The lowest BCUT2D eigenvalue weighted by atomic mass is 10.2. The van der Waals surface area contributed by atoms with Gasteiger partial charge in [-0.1, -0.05) is 18.2 Å². The van der Waals surface area contributed by atoms with E-state index in [-0.39, 0.29) is 54.2 Å². The fourth-order valence-electron chi connectivity index (χ4n) is 3.34. The number of aryl methyl sites for hydroxylation is 2. The monoisotopic (exact) mass is 443 g/mol. The summed E-state index contributed by atoms with van der Waals surface area (Å²) >= 11 is 0. The lowest BCUT2D eigenvalue weighted by Crippen LogP contribution is -2.33. The third kappa shape index (κ3) is 5.49. The van der Waals surface area contributed by atoms with Crippen molar-refractivity contribution < 1.29 is 22.8 Å². The number of benzene rings is 2. The third-order valence-corrected chi connectivity index (χ3v) is 6.53. The summed E-state index contributed by atoms with van der Waals surface area (Å²) in [4.78, 5) is 37.0. The number of sulfonamides is 1. The summed E-state index contributed by atoms with van der Waals surface area (Å²) in [6.45, 7) is 4.10. The van der Waals surface area contributed by atoms with Crippen molar-refractivity contribution in [2.24, 2.45) is 0 Å². The van der Waals surface area contributed by atoms with Crippen molar-refractivity contribution >= 4 is 33.4 Å². The summed E-state index contributed by atoms with van der Waals surface area (Å²) in [5.74, 6) is -0.729. The minimum atomic E-state index is -3.80. The number of carbonyl (C=O) groups is 3. The second-order valence-electron chi connectivity index (χ2n) is 7.50. The third-order valence-electron chi connectivity index (χ3n) is 5.01. The number of hydrogen-bond acceptors (Lipinski definition) is 5. The van der Waals surface area contributed by atoms with Crippen molar-refractivity contribution in [2.45, 2.75) is 38.0 Å². The molecule has 3 amide bonds. The Morgan fingerprint density at radius 2 is 1.74 bits per heavy atom. The maximum absolute atomic E-state index is 12.8. The van der Waals surface area contributed by atoms with Gasteiger partial charge < -0.3 is 5.32 Å². The molecule has 1 heterocycles. The highest BCUT2D eigenvalue weighted by molar-refractivity contribution is 7.92. The Balaban J connectivity index is 1.60. The molecule has 31 heavy (non-hydrogen) atoms. The Kier molecular flexibility index (Phi) is 6.74. The van der Waals surface area contributed by atoms with Gasteiger partial charge in [0.2, 0.25) is 11.8 Å². The summed E-state index contributed by atoms with van der Waals surface area (Å²) in [5, 5.41) is 2.73. The second kappa shape index (κ2) is 9.30. The zero-order chi connectivity index (χ0) is 22.6. The molecule has 164 valence electrons. The molecule has 0 spiro atoms. The maximum atomic E-state index is 12.8. The van der Waals surface area contributed by atoms with Gasteiger partial charge in [-0.2, -0.15) is 0 Å². The van der Waals surface area contributed by atoms with Crippen LogP contribution in [0.4, 0.5) is 5.69 Å². The van der Waals surface area contributed by atoms with Gasteiger partial charge in [0.25, 0.3) is 15.9 Å². The number of nitrogens with zero attached hydrogens (tertiary/aromatic N) is 1. The summed E-state index contributed by atoms with van der Waals surface area (Å²) < 4.78 is 28.1. The van der Waals surface area contributed by atoms with Crippen molar-refractivity contribution in [1.82, 2.24) is 10.2 Å². The van der Waals surface area contributed by atoms with Gasteiger partial charge in [0.05, 0.1) is 4.90 Å². The average Bonchev–Trinajstić information content (AvgIpc) is 3.04. The highest BCUT2D eigenvalue weighted by atomic mass is 32.2. The molecule has 0 aromatic heterocycles. The Morgan fingerprint density at radius 3 is 2.45 bits per heavy atom. The molecule has 3 rings (SSSR count). The number of nitrogens with one attached hydrogen (secondary N) is 2. The first-order valence-electron chi connectivity index (χ1n) is 9.99. The Bertz CT molecular complexity index is 1110. The molecular weight excluding hydrogens is 418 g/mol. The van der Waals surface area contributed by atoms with Gasteiger partial charge in [0.1, 0.15) is 0 Å². The first-order valence-corrected chi connectivity index (χ1v) is 11.5. The van der Waals surface area contributed by atoms with Crippen molar-refractivity contribution in [3.05, 3.63) is 59.2 Å². The summed E-state index contributed by atoms with van der Waals surface area (Å²) in [5.41, 5.74) is 2.04. The van der Waals surface area contributed by atoms with E-state index in [2.05, 4.69) is 10.0 Å². The lowest BCUT2D eigenvalue weighted by Gasteiger charge is -2.14. The normalized spacial score (nSPS) is 14.1.